The van der Waals surface area contributed by atoms with Crippen LogP contribution in [0.2, 0.25) is 0 Å². The minimum atomic E-state index is -1.01. The standard InChI is InChI=1S/C15H17BrFNO3/c1-3-15(2,14(20)21)9-18-13(19)7-4-10-8-11(16)5-6-12(10)17/h4-8H,3,9H2,1-2H3,(H,18,19)(H,20,21)/b7-4+. The van der Waals surface area contributed by atoms with E-state index in [1.165, 1.54) is 18.2 Å². The maximum Gasteiger partial charge on any atom is 0.311 e. The lowest BCUT2D eigenvalue weighted by Gasteiger charge is -2.22. The zero-order valence-electron chi connectivity index (χ0n) is 11.8. The number of carbonyl (C=O) groups excluding carboxylic acids is 1. The first-order valence-corrected chi connectivity index (χ1v) is 7.22. The third-order valence-corrected chi connectivity index (χ3v) is 3.81. The maximum absolute atomic E-state index is 13.5. The van der Waals surface area contributed by atoms with Crippen molar-refractivity contribution in [1.82, 2.24) is 5.32 Å². The van der Waals surface area contributed by atoms with E-state index in [1.54, 1.807) is 26.0 Å². The predicted octanol–water partition coefficient (Wildman–Crippen LogP) is 3.22. The van der Waals surface area contributed by atoms with Crippen LogP contribution in [0, 0.1) is 11.2 Å². The van der Waals surface area contributed by atoms with Gasteiger partial charge in [0.1, 0.15) is 5.82 Å². The van der Waals surface area contributed by atoms with Crippen molar-refractivity contribution in [3.63, 3.8) is 0 Å². The van der Waals surface area contributed by atoms with Crippen LogP contribution in [0.3, 0.4) is 0 Å². The molecule has 0 aliphatic heterocycles. The van der Waals surface area contributed by atoms with Crippen molar-refractivity contribution >= 4 is 33.9 Å². The second-order valence-corrected chi connectivity index (χ2v) is 5.85. The fourth-order valence-electron chi connectivity index (χ4n) is 1.50. The van der Waals surface area contributed by atoms with Crippen molar-refractivity contribution < 1.29 is 19.1 Å². The van der Waals surface area contributed by atoms with Crippen molar-refractivity contribution in [3.8, 4) is 0 Å². The van der Waals surface area contributed by atoms with Gasteiger partial charge in [0.25, 0.3) is 0 Å². The van der Waals surface area contributed by atoms with Crippen LogP contribution in [0.4, 0.5) is 4.39 Å². The molecule has 0 radical (unpaired) electrons. The van der Waals surface area contributed by atoms with Crippen LogP contribution in [-0.2, 0) is 9.59 Å². The summed E-state index contributed by atoms with van der Waals surface area (Å²) in [6.45, 7) is 3.32. The third-order valence-electron chi connectivity index (χ3n) is 3.32. The molecule has 1 amide bonds. The molecule has 0 spiro atoms. The van der Waals surface area contributed by atoms with E-state index < -0.39 is 23.1 Å². The highest BCUT2D eigenvalue weighted by molar-refractivity contribution is 9.10. The smallest absolute Gasteiger partial charge is 0.311 e. The zero-order chi connectivity index (χ0) is 16.0. The van der Waals surface area contributed by atoms with Crippen LogP contribution >= 0.6 is 15.9 Å². The Morgan fingerprint density at radius 2 is 2.14 bits per heavy atom. The number of hydrogen-bond acceptors (Lipinski definition) is 2. The molecule has 21 heavy (non-hydrogen) atoms. The normalized spacial score (nSPS) is 13.9. The van der Waals surface area contributed by atoms with E-state index in [1.807, 2.05) is 0 Å². The van der Waals surface area contributed by atoms with Crippen LogP contribution < -0.4 is 5.32 Å². The second-order valence-electron chi connectivity index (χ2n) is 4.94. The van der Waals surface area contributed by atoms with E-state index >= 15 is 0 Å². The van der Waals surface area contributed by atoms with E-state index in [-0.39, 0.29) is 12.1 Å². The van der Waals surface area contributed by atoms with Crippen molar-refractivity contribution in [1.29, 1.82) is 0 Å². The lowest BCUT2D eigenvalue weighted by molar-refractivity contribution is -0.148. The number of hydrogen-bond donors (Lipinski definition) is 2. The summed E-state index contributed by atoms with van der Waals surface area (Å²) in [4.78, 5) is 22.8. The molecule has 1 aromatic rings. The van der Waals surface area contributed by atoms with E-state index in [0.29, 0.717) is 10.9 Å². The van der Waals surface area contributed by atoms with Gasteiger partial charge in [-0.15, -0.1) is 0 Å². The first-order chi connectivity index (χ1) is 9.78. The van der Waals surface area contributed by atoms with Gasteiger partial charge < -0.3 is 10.4 Å². The molecule has 0 saturated carbocycles. The number of halogens is 2. The van der Waals surface area contributed by atoms with Crippen LogP contribution in [0.1, 0.15) is 25.8 Å². The van der Waals surface area contributed by atoms with Crippen LogP contribution in [-0.4, -0.2) is 23.5 Å². The largest absolute Gasteiger partial charge is 0.481 e. The molecule has 6 heteroatoms. The summed E-state index contributed by atoms with van der Waals surface area (Å²) in [5.41, 5.74) is -0.735. The van der Waals surface area contributed by atoms with Crippen molar-refractivity contribution in [2.45, 2.75) is 20.3 Å². The second kappa shape index (κ2) is 7.36. The Kier molecular flexibility index (Phi) is 6.08. The quantitative estimate of drug-likeness (QED) is 0.768. The Balaban J connectivity index is 2.67. The van der Waals surface area contributed by atoms with E-state index in [4.69, 9.17) is 5.11 Å². The molecule has 1 atom stereocenters. The van der Waals surface area contributed by atoms with Gasteiger partial charge in [0, 0.05) is 22.7 Å². The van der Waals surface area contributed by atoms with Crippen molar-refractivity contribution in [3.05, 3.63) is 40.1 Å². The number of rotatable bonds is 6. The predicted molar refractivity (Wildman–Crippen MR) is 82.2 cm³/mol. The molecular formula is C15H17BrFNO3. The average Bonchev–Trinajstić information content (AvgIpc) is 2.45. The molecule has 2 N–H and O–H groups in total. The van der Waals surface area contributed by atoms with Gasteiger partial charge in [0.15, 0.2) is 0 Å². The minimum Gasteiger partial charge on any atom is -0.481 e. The van der Waals surface area contributed by atoms with Crippen molar-refractivity contribution in [2.75, 3.05) is 6.54 Å². The summed E-state index contributed by atoms with van der Waals surface area (Å²) in [5.74, 6) is -1.87. The van der Waals surface area contributed by atoms with Gasteiger partial charge in [0.05, 0.1) is 5.41 Å². The lowest BCUT2D eigenvalue weighted by atomic mass is 9.88. The van der Waals surface area contributed by atoms with Gasteiger partial charge in [-0.25, -0.2) is 4.39 Å². The zero-order valence-corrected chi connectivity index (χ0v) is 13.4. The summed E-state index contributed by atoms with van der Waals surface area (Å²) in [6, 6.07) is 4.40. The highest BCUT2D eigenvalue weighted by atomic mass is 79.9. The van der Waals surface area contributed by atoms with Gasteiger partial charge in [-0.05, 0) is 37.6 Å². The Hall–Kier alpha value is -1.69. The van der Waals surface area contributed by atoms with Gasteiger partial charge in [-0.2, -0.15) is 0 Å². The van der Waals surface area contributed by atoms with Gasteiger partial charge in [-0.3, -0.25) is 9.59 Å². The summed E-state index contributed by atoms with van der Waals surface area (Å²) in [5, 5.41) is 11.6. The SMILES string of the molecule is CCC(C)(CNC(=O)/C=C/c1cc(Br)ccc1F)C(=O)O. The lowest BCUT2D eigenvalue weighted by Crippen LogP contribution is -2.40. The summed E-state index contributed by atoms with van der Waals surface area (Å²) < 4.78 is 14.2. The fourth-order valence-corrected chi connectivity index (χ4v) is 1.88. The Morgan fingerprint density at radius 1 is 1.48 bits per heavy atom. The molecule has 0 aliphatic rings. The summed E-state index contributed by atoms with van der Waals surface area (Å²) >= 11 is 3.22. The first kappa shape index (κ1) is 17.4. The Morgan fingerprint density at radius 3 is 2.71 bits per heavy atom. The molecule has 0 aliphatic carbocycles. The van der Waals surface area contributed by atoms with Crippen LogP contribution in [0.25, 0.3) is 6.08 Å². The van der Waals surface area contributed by atoms with E-state index in [9.17, 15) is 14.0 Å². The Bertz CT molecular complexity index is 574. The molecule has 0 saturated heterocycles. The minimum absolute atomic E-state index is 0.0168. The summed E-state index contributed by atoms with van der Waals surface area (Å²) in [7, 11) is 0. The number of carboxylic acids is 1. The molecular weight excluding hydrogens is 341 g/mol. The van der Waals surface area contributed by atoms with Gasteiger partial charge >= 0.3 is 5.97 Å². The molecule has 4 nitrogen and oxygen atoms in total. The molecule has 0 aromatic heterocycles. The molecule has 1 aromatic carbocycles. The Labute approximate surface area is 131 Å². The van der Waals surface area contributed by atoms with Gasteiger partial charge in [0.2, 0.25) is 5.91 Å². The molecule has 1 rings (SSSR count). The summed E-state index contributed by atoms with van der Waals surface area (Å²) in [6.07, 6.45) is 2.93. The van der Waals surface area contributed by atoms with E-state index in [2.05, 4.69) is 21.2 Å². The molecule has 0 heterocycles. The van der Waals surface area contributed by atoms with Gasteiger partial charge in [-0.1, -0.05) is 22.9 Å². The fraction of sp³-hybridized carbons (Fsp3) is 0.333. The first-order valence-electron chi connectivity index (χ1n) is 6.43. The van der Waals surface area contributed by atoms with Crippen LogP contribution in [0.5, 0.6) is 0 Å². The number of amides is 1. The molecule has 0 fully saturated rings. The van der Waals surface area contributed by atoms with Crippen LogP contribution in [0.15, 0.2) is 28.7 Å². The van der Waals surface area contributed by atoms with E-state index in [0.717, 1.165) is 0 Å². The molecule has 114 valence electrons. The maximum atomic E-state index is 13.5. The molecule has 1 unspecified atom stereocenters. The number of benzene rings is 1. The number of aliphatic carboxylic acids is 1. The number of carbonyl (C=O) groups is 2. The third kappa shape index (κ3) is 4.97. The monoisotopic (exact) mass is 357 g/mol. The average molecular weight is 358 g/mol. The number of carboxylic acid groups (broad SMARTS) is 1. The highest BCUT2D eigenvalue weighted by Gasteiger charge is 2.31. The highest BCUT2D eigenvalue weighted by Crippen LogP contribution is 2.20. The number of nitrogens with one attached hydrogen (secondary N) is 1. The topological polar surface area (TPSA) is 66.4 Å². The molecule has 0 bridgehead atoms. The van der Waals surface area contributed by atoms with Crippen molar-refractivity contribution in [2.24, 2.45) is 5.41 Å².